The summed E-state index contributed by atoms with van der Waals surface area (Å²) in [6.07, 6.45) is 5.76. The van der Waals surface area contributed by atoms with Crippen molar-refractivity contribution in [1.82, 2.24) is 0 Å². The van der Waals surface area contributed by atoms with Crippen molar-refractivity contribution in [3.05, 3.63) is 145 Å². The fourth-order valence-corrected chi connectivity index (χ4v) is 7.60. The molecule has 2 unspecified atom stereocenters. The van der Waals surface area contributed by atoms with E-state index in [1.807, 2.05) is 67.6 Å². The number of carboxylic acids is 1. The van der Waals surface area contributed by atoms with Crippen LogP contribution in [0.5, 0.6) is 57.5 Å². The van der Waals surface area contributed by atoms with Crippen LogP contribution in [0.15, 0.2) is 133 Å². The molecule has 0 aliphatic carbocycles. The Morgan fingerprint density at radius 2 is 0.872 bits per heavy atom. The quantitative estimate of drug-likeness (QED) is 0.0172. The maximum atomic E-state index is 13.2. The summed E-state index contributed by atoms with van der Waals surface area (Å²) in [5.41, 5.74) is 2.79. The summed E-state index contributed by atoms with van der Waals surface area (Å²) in [6.45, 7) is 6.83. The van der Waals surface area contributed by atoms with Crippen LogP contribution in [0.25, 0.3) is 0 Å². The molecule has 0 radical (unpaired) electrons. The average Bonchev–Trinajstić information content (AvgIpc) is 3.44. The molecule has 4 N–H and O–H groups in total. The monoisotopic (exact) mass is 1070 g/mol. The van der Waals surface area contributed by atoms with Crippen molar-refractivity contribution in [2.45, 2.75) is 85.4 Å². The number of aliphatic carboxylic acids is 1. The number of nitrogens with one attached hydrogen (secondary N) is 2. The zero-order valence-electron chi connectivity index (χ0n) is 45.8. The van der Waals surface area contributed by atoms with Gasteiger partial charge in [-0.25, -0.2) is 0 Å². The van der Waals surface area contributed by atoms with E-state index in [2.05, 4.69) is 17.6 Å². The van der Waals surface area contributed by atoms with Crippen LogP contribution in [0.2, 0.25) is 0 Å². The maximum absolute atomic E-state index is 13.2. The van der Waals surface area contributed by atoms with Crippen molar-refractivity contribution in [2.24, 2.45) is 11.8 Å². The number of carbonyl (C=O) groups is 4. The first-order valence-electron chi connectivity index (χ1n) is 25.4. The summed E-state index contributed by atoms with van der Waals surface area (Å²) in [7, 11) is 6.12. The average molecular weight is 1070 g/mol. The molecule has 0 bridgehead atoms. The van der Waals surface area contributed by atoms with Crippen molar-refractivity contribution >= 4 is 35.1 Å². The Morgan fingerprint density at radius 3 is 1.26 bits per heavy atom. The number of methoxy groups -OCH3 is 4. The molecule has 6 rings (SSSR count). The van der Waals surface area contributed by atoms with E-state index in [9.17, 15) is 24.3 Å². The van der Waals surface area contributed by atoms with Gasteiger partial charge in [0.2, 0.25) is 11.8 Å². The van der Waals surface area contributed by atoms with Crippen LogP contribution in [-0.4, -0.2) is 69.4 Å². The molecule has 17 nitrogen and oxygen atoms in total. The van der Waals surface area contributed by atoms with Gasteiger partial charge in [0.25, 0.3) is 0 Å². The van der Waals surface area contributed by atoms with Gasteiger partial charge in [-0.05, 0) is 79.4 Å². The summed E-state index contributed by atoms with van der Waals surface area (Å²) in [6, 6.07) is 40.0. The number of unbranched alkanes of at least 4 members (excludes halogenated alkanes) is 4. The molecule has 0 heterocycles. The molecule has 2 atom stereocenters. The molecule has 412 valence electrons. The number of hydrogen-bond acceptors (Lipinski definition) is 14. The normalized spacial score (nSPS) is 11.0. The number of carboxylic acid groups (broad SMARTS) is 1. The van der Waals surface area contributed by atoms with Gasteiger partial charge in [-0.15, -0.1) is 0 Å². The Hall–Kier alpha value is -7.84. The van der Waals surface area contributed by atoms with Crippen LogP contribution in [0, 0.1) is 11.8 Å². The third kappa shape index (κ3) is 20.3. The van der Waals surface area contributed by atoms with E-state index in [0.29, 0.717) is 89.2 Å². The van der Waals surface area contributed by atoms with Crippen LogP contribution < -0.4 is 67.4 Å². The molecule has 0 saturated carbocycles. The van der Waals surface area contributed by atoms with Gasteiger partial charge in [-0.3, -0.25) is 19.2 Å². The van der Waals surface area contributed by atoms with Gasteiger partial charge in [0.15, 0.2) is 34.5 Å². The molecule has 6 aromatic carbocycles. The Bertz CT molecular complexity index is 2780. The molecule has 0 aromatic heterocycles. The van der Waals surface area contributed by atoms with Crippen molar-refractivity contribution in [3.63, 3.8) is 0 Å². The SMILES string of the molecule is CCCCCC(C(=O)Nc1ccc(OC)cc1Oc1ccc(OCc2ccccc2)cc1OC)C(=O)OCC.CCCCCC(C(=O)O)C(=O)Nc1ccc(OC)cc1Oc1ccc(OCc2ccccc2)cc1OC.[Li+].[OH-]. The Balaban J connectivity index is 0.000000401. The topological polar surface area (TPSA) is 226 Å². The first-order chi connectivity index (χ1) is 36.9. The molecule has 0 spiro atoms. The minimum absolute atomic E-state index is 0. The Kier molecular flexibility index (Phi) is 28.7. The number of ether oxygens (including phenoxy) is 9. The van der Waals surface area contributed by atoms with Crippen LogP contribution in [0.4, 0.5) is 11.4 Å². The van der Waals surface area contributed by atoms with Crippen molar-refractivity contribution in [1.29, 1.82) is 0 Å². The number of carbonyl (C=O) groups excluding carboxylic acids is 3. The van der Waals surface area contributed by atoms with E-state index in [-0.39, 0.29) is 43.1 Å². The number of esters is 1. The van der Waals surface area contributed by atoms with Gasteiger partial charge in [0.1, 0.15) is 48.0 Å². The minimum Gasteiger partial charge on any atom is -0.870 e. The summed E-state index contributed by atoms with van der Waals surface area (Å²) in [4.78, 5) is 50.3. The van der Waals surface area contributed by atoms with Gasteiger partial charge in [0.05, 0.1) is 46.4 Å². The number of amides is 2. The van der Waals surface area contributed by atoms with Crippen molar-refractivity contribution < 1.29 is 91.3 Å². The minimum atomic E-state index is -1.16. The molecule has 0 saturated heterocycles. The number of hydrogen-bond donors (Lipinski definition) is 3. The van der Waals surface area contributed by atoms with E-state index in [4.69, 9.17) is 42.6 Å². The van der Waals surface area contributed by atoms with Gasteiger partial charge >= 0.3 is 30.8 Å². The standard InChI is InChI=1S/C31H37NO7.C29H33NO7.Li.H2O/c1-5-7-9-14-25(31(34)37-6-2)30(33)32-26-17-15-23(35-3)19-28(26)39-27-18-16-24(20-29(27)36-4)38-21-22-12-10-8-11-13-22;1-4-5-7-12-23(29(32)33)28(31)30-24-15-13-21(34-2)17-26(24)37-25-16-14-22(18-27(25)35-3)36-19-20-10-8-6-9-11-20;;/h8,10-13,15-20,25H,5-7,9,14,21H2,1-4H3,(H,32,33);6,8-11,13-18,23H,4-5,7,12,19H2,1-3H3,(H,30,31)(H,32,33);;1H2/q;;+1;/p-1. The third-order valence-corrected chi connectivity index (χ3v) is 11.8. The van der Waals surface area contributed by atoms with Crippen LogP contribution >= 0.6 is 0 Å². The maximum Gasteiger partial charge on any atom is 1.00 e. The fraction of sp³-hybridized carbons (Fsp3) is 0.333. The van der Waals surface area contributed by atoms with Crippen LogP contribution in [-0.2, 0) is 37.1 Å². The van der Waals surface area contributed by atoms with Crippen LogP contribution in [0.3, 0.4) is 0 Å². The Labute approximate surface area is 469 Å². The molecular formula is C60H71LiN2O15. The number of benzene rings is 6. The molecule has 6 aromatic rings. The van der Waals surface area contributed by atoms with Crippen molar-refractivity contribution in [2.75, 3.05) is 45.7 Å². The molecule has 0 fully saturated rings. The smallest absolute Gasteiger partial charge is 0.870 e. The predicted molar refractivity (Wildman–Crippen MR) is 292 cm³/mol. The first kappa shape index (κ1) is 64.4. The van der Waals surface area contributed by atoms with Gasteiger partial charge in [-0.2, -0.15) is 0 Å². The van der Waals surface area contributed by atoms with E-state index in [1.165, 1.54) is 21.3 Å². The van der Waals surface area contributed by atoms with Gasteiger partial charge in [-0.1, -0.05) is 113 Å². The summed E-state index contributed by atoms with van der Waals surface area (Å²) in [5.74, 6) is -0.264. The molecule has 0 aliphatic heterocycles. The second-order valence-electron chi connectivity index (χ2n) is 17.3. The Morgan fingerprint density at radius 1 is 0.474 bits per heavy atom. The van der Waals surface area contributed by atoms with E-state index >= 15 is 0 Å². The van der Waals surface area contributed by atoms with Gasteiger partial charge < -0.3 is 63.8 Å². The summed E-state index contributed by atoms with van der Waals surface area (Å²) in [5, 5.41) is 15.1. The second kappa shape index (κ2) is 34.7. The zero-order chi connectivity index (χ0) is 54.7. The second-order valence-corrected chi connectivity index (χ2v) is 17.3. The van der Waals surface area contributed by atoms with Crippen LogP contribution in [0.1, 0.15) is 83.3 Å². The number of anilines is 2. The molecular weight excluding hydrogens is 996 g/mol. The molecule has 0 aliphatic rings. The summed E-state index contributed by atoms with van der Waals surface area (Å²) < 4.78 is 51.0. The zero-order valence-corrected chi connectivity index (χ0v) is 45.8. The summed E-state index contributed by atoms with van der Waals surface area (Å²) >= 11 is 0. The van der Waals surface area contributed by atoms with E-state index in [1.54, 1.807) is 86.8 Å². The largest absolute Gasteiger partial charge is 1.00 e. The predicted octanol–water partition coefficient (Wildman–Crippen LogP) is 9.90. The van der Waals surface area contributed by atoms with E-state index < -0.39 is 35.6 Å². The van der Waals surface area contributed by atoms with Crippen molar-refractivity contribution in [3.8, 4) is 57.5 Å². The third-order valence-electron chi connectivity index (χ3n) is 11.8. The number of rotatable bonds is 29. The molecule has 78 heavy (non-hydrogen) atoms. The van der Waals surface area contributed by atoms with Gasteiger partial charge in [0, 0.05) is 24.3 Å². The first-order valence-corrected chi connectivity index (χ1v) is 25.4. The van der Waals surface area contributed by atoms with E-state index in [0.717, 1.165) is 43.2 Å². The fourth-order valence-electron chi connectivity index (χ4n) is 7.60. The molecule has 2 amide bonds. The molecule has 18 heteroatoms.